The van der Waals surface area contributed by atoms with Crippen LogP contribution in [0, 0.1) is 11.8 Å². The molecule has 0 saturated carbocycles. The number of carboxylic acid groups (broad SMARTS) is 1. The van der Waals surface area contributed by atoms with Crippen LogP contribution < -0.4 is 5.32 Å². The fourth-order valence-corrected chi connectivity index (χ4v) is 4.87. The molecule has 1 aromatic rings. The fraction of sp³-hybridized carbons (Fsp3) is 0.526. The lowest BCUT2D eigenvalue weighted by atomic mass is 9.78. The van der Waals surface area contributed by atoms with E-state index < -0.39 is 35.3 Å². The molecule has 2 heterocycles. The molecule has 3 rings (SSSR count). The number of hydrogen-bond acceptors (Lipinski definition) is 6. The Kier molecular flexibility index (Phi) is 5.22. The van der Waals surface area contributed by atoms with E-state index in [2.05, 4.69) is 5.32 Å². The monoisotopic (exact) mass is 392 g/mol. The number of hydrogen-bond donors (Lipinski definition) is 3. The van der Waals surface area contributed by atoms with Crippen LogP contribution in [-0.2, 0) is 14.4 Å². The number of amides is 2. The summed E-state index contributed by atoms with van der Waals surface area (Å²) in [5.74, 6) is -3.33. The molecule has 2 fully saturated rings. The van der Waals surface area contributed by atoms with Crippen molar-refractivity contribution in [3.8, 4) is 5.75 Å². The number of para-hydroxylation sites is 1. The first-order chi connectivity index (χ1) is 12.8. The third kappa shape index (κ3) is 2.91. The molecule has 2 amide bonds. The van der Waals surface area contributed by atoms with Crippen LogP contribution in [0.25, 0.3) is 0 Å². The zero-order valence-electron chi connectivity index (χ0n) is 15.5. The number of aromatic hydroxyl groups is 1. The van der Waals surface area contributed by atoms with Gasteiger partial charge in [-0.2, -0.15) is 11.8 Å². The van der Waals surface area contributed by atoms with Crippen molar-refractivity contribution >= 4 is 29.5 Å². The number of imide groups is 1. The Hall–Kier alpha value is -2.06. The van der Waals surface area contributed by atoms with Crippen molar-refractivity contribution in [1.82, 2.24) is 10.2 Å². The third-order valence-electron chi connectivity index (χ3n) is 5.56. The van der Waals surface area contributed by atoms with Gasteiger partial charge in [0.15, 0.2) is 0 Å². The van der Waals surface area contributed by atoms with Crippen LogP contribution in [0.15, 0.2) is 24.3 Å². The predicted octanol–water partition coefficient (Wildman–Crippen LogP) is 1.62. The van der Waals surface area contributed by atoms with Crippen molar-refractivity contribution in [3.05, 3.63) is 29.8 Å². The van der Waals surface area contributed by atoms with Crippen molar-refractivity contribution in [3.63, 3.8) is 0 Å². The number of nitrogens with zero attached hydrogens (tertiary/aromatic N) is 1. The molecule has 0 unspecified atom stereocenters. The second kappa shape index (κ2) is 7.16. The summed E-state index contributed by atoms with van der Waals surface area (Å²) in [5.41, 5.74) is -1.11. The molecule has 2 saturated heterocycles. The molecule has 0 radical (unpaired) electrons. The molecule has 7 nitrogen and oxygen atoms in total. The highest BCUT2D eigenvalue weighted by Crippen LogP contribution is 2.51. The van der Waals surface area contributed by atoms with E-state index in [0.29, 0.717) is 11.3 Å². The van der Waals surface area contributed by atoms with Gasteiger partial charge in [0.25, 0.3) is 0 Å². The van der Waals surface area contributed by atoms with E-state index in [4.69, 9.17) is 0 Å². The number of rotatable bonds is 6. The van der Waals surface area contributed by atoms with Gasteiger partial charge in [0.05, 0.1) is 11.8 Å². The van der Waals surface area contributed by atoms with E-state index in [1.54, 1.807) is 32.0 Å². The maximum absolute atomic E-state index is 13.1. The van der Waals surface area contributed by atoms with Crippen molar-refractivity contribution in [1.29, 1.82) is 0 Å². The van der Waals surface area contributed by atoms with Gasteiger partial charge in [0.1, 0.15) is 11.3 Å². The quantitative estimate of drug-likeness (QED) is 0.632. The van der Waals surface area contributed by atoms with E-state index in [-0.39, 0.29) is 24.1 Å². The number of benzene rings is 1. The SMILES string of the molecule is CSCC[C@]1(C(=O)O)N[C@H](c2ccccc2O)[C@@H]2C(=O)N(C(C)C)C(=O)[C@H]21. The van der Waals surface area contributed by atoms with Gasteiger partial charge in [-0.15, -0.1) is 0 Å². The van der Waals surface area contributed by atoms with E-state index in [9.17, 15) is 24.6 Å². The van der Waals surface area contributed by atoms with Crippen LogP contribution >= 0.6 is 11.8 Å². The maximum Gasteiger partial charge on any atom is 0.324 e. The van der Waals surface area contributed by atoms with Gasteiger partial charge in [0.2, 0.25) is 11.8 Å². The maximum atomic E-state index is 13.1. The number of thioether (sulfide) groups is 1. The Morgan fingerprint density at radius 3 is 2.52 bits per heavy atom. The summed E-state index contributed by atoms with van der Waals surface area (Å²) in [4.78, 5) is 39.7. The van der Waals surface area contributed by atoms with Crippen molar-refractivity contribution in [2.45, 2.75) is 37.9 Å². The number of carbonyl (C=O) groups is 3. The number of carbonyl (C=O) groups excluding carboxylic acids is 2. The third-order valence-corrected chi connectivity index (χ3v) is 6.17. The van der Waals surface area contributed by atoms with Crippen LogP contribution in [0.1, 0.15) is 31.9 Å². The molecule has 3 N–H and O–H groups in total. The molecule has 2 aliphatic heterocycles. The van der Waals surface area contributed by atoms with Gasteiger partial charge >= 0.3 is 5.97 Å². The van der Waals surface area contributed by atoms with Gasteiger partial charge in [-0.3, -0.25) is 24.6 Å². The highest BCUT2D eigenvalue weighted by Gasteiger charge is 2.68. The topological polar surface area (TPSA) is 107 Å². The molecule has 0 spiro atoms. The summed E-state index contributed by atoms with van der Waals surface area (Å²) in [5, 5.41) is 23.5. The van der Waals surface area contributed by atoms with Crippen molar-refractivity contribution in [2.75, 3.05) is 12.0 Å². The summed E-state index contributed by atoms with van der Waals surface area (Å²) in [7, 11) is 0. The van der Waals surface area contributed by atoms with E-state index in [1.807, 2.05) is 6.26 Å². The van der Waals surface area contributed by atoms with Crippen LogP contribution in [0.5, 0.6) is 5.75 Å². The number of likely N-dealkylation sites (tertiary alicyclic amines) is 1. The predicted molar refractivity (Wildman–Crippen MR) is 101 cm³/mol. The zero-order valence-corrected chi connectivity index (χ0v) is 16.3. The summed E-state index contributed by atoms with van der Waals surface area (Å²) in [6.07, 6.45) is 2.07. The minimum atomic E-state index is -1.54. The molecule has 0 aromatic heterocycles. The Bertz CT molecular complexity index is 783. The van der Waals surface area contributed by atoms with Crippen LogP contribution in [0.3, 0.4) is 0 Å². The second-order valence-corrected chi connectivity index (χ2v) is 8.33. The van der Waals surface area contributed by atoms with E-state index in [1.165, 1.54) is 22.7 Å². The summed E-state index contributed by atoms with van der Waals surface area (Å²) < 4.78 is 0. The molecule has 2 aliphatic rings. The largest absolute Gasteiger partial charge is 0.508 e. The van der Waals surface area contributed by atoms with E-state index in [0.717, 1.165) is 0 Å². The van der Waals surface area contributed by atoms with E-state index >= 15 is 0 Å². The summed E-state index contributed by atoms with van der Waals surface area (Å²) >= 11 is 1.49. The Morgan fingerprint density at radius 1 is 1.30 bits per heavy atom. The van der Waals surface area contributed by atoms with Gasteiger partial charge in [-0.25, -0.2) is 0 Å². The molecule has 0 aliphatic carbocycles. The second-order valence-electron chi connectivity index (χ2n) is 7.34. The Balaban J connectivity index is 2.16. The molecule has 27 heavy (non-hydrogen) atoms. The highest BCUT2D eigenvalue weighted by atomic mass is 32.2. The van der Waals surface area contributed by atoms with Gasteiger partial charge in [-0.1, -0.05) is 18.2 Å². The van der Waals surface area contributed by atoms with Crippen LogP contribution in [-0.4, -0.2) is 56.5 Å². The minimum Gasteiger partial charge on any atom is -0.508 e. The lowest BCUT2D eigenvalue weighted by Gasteiger charge is -2.32. The number of fused-ring (bicyclic) bond motifs is 1. The number of phenols is 1. The smallest absolute Gasteiger partial charge is 0.324 e. The molecule has 8 heteroatoms. The molecule has 1 aromatic carbocycles. The van der Waals surface area contributed by atoms with Crippen molar-refractivity contribution < 1.29 is 24.6 Å². The summed E-state index contributed by atoms with van der Waals surface area (Å²) in [6, 6.07) is 5.44. The number of carboxylic acids is 1. The van der Waals surface area contributed by atoms with Crippen LogP contribution in [0.2, 0.25) is 0 Å². The number of nitrogens with one attached hydrogen (secondary N) is 1. The molecule has 4 atom stereocenters. The lowest BCUT2D eigenvalue weighted by molar-refractivity contribution is -0.152. The summed E-state index contributed by atoms with van der Waals surface area (Å²) in [6.45, 7) is 3.48. The van der Waals surface area contributed by atoms with Crippen LogP contribution in [0.4, 0.5) is 0 Å². The minimum absolute atomic E-state index is 0.0250. The first kappa shape index (κ1) is 19.7. The van der Waals surface area contributed by atoms with Gasteiger partial charge in [0, 0.05) is 17.6 Å². The average molecular weight is 392 g/mol. The zero-order chi connectivity index (χ0) is 19.9. The number of aliphatic carboxylic acids is 1. The Labute approximate surface area is 162 Å². The molecular weight excluding hydrogens is 368 g/mol. The van der Waals surface area contributed by atoms with Gasteiger partial charge < -0.3 is 10.2 Å². The van der Waals surface area contributed by atoms with Gasteiger partial charge in [-0.05, 0) is 38.3 Å². The molecule has 146 valence electrons. The normalized spacial score (nSPS) is 30.2. The number of phenolic OH excluding ortho intramolecular Hbond substituents is 1. The standard InChI is InChI=1S/C19H24N2O5S/c1-10(2)21-16(23)13-14(17(21)24)19(18(25)26,8-9-27-3)20-15(13)11-6-4-5-7-12(11)22/h4-7,10,13-15,20,22H,8-9H2,1-3H3,(H,25,26)/t13-,14+,15-,19+/m1/s1. The lowest BCUT2D eigenvalue weighted by Crippen LogP contribution is -2.56. The van der Waals surface area contributed by atoms with Crippen molar-refractivity contribution in [2.24, 2.45) is 11.8 Å². The molecular formula is C19H24N2O5S. The highest BCUT2D eigenvalue weighted by molar-refractivity contribution is 7.98. The first-order valence-electron chi connectivity index (χ1n) is 8.91. The fourth-order valence-electron chi connectivity index (χ4n) is 4.35. The average Bonchev–Trinajstić information content (AvgIpc) is 3.08. The first-order valence-corrected chi connectivity index (χ1v) is 10.3. The Morgan fingerprint density at radius 2 is 1.96 bits per heavy atom. The molecule has 0 bridgehead atoms.